The number of amides is 2. The first kappa shape index (κ1) is 15.2. The van der Waals surface area contributed by atoms with Gasteiger partial charge >= 0.3 is 0 Å². The highest BCUT2D eigenvalue weighted by molar-refractivity contribution is 6.26. The molecule has 4 rings (SSSR count). The van der Waals surface area contributed by atoms with Gasteiger partial charge in [-0.2, -0.15) is 0 Å². The zero-order valence-electron chi connectivity index (χ0n) is 13.9. The maximum Gasteiger partial charge on any atom is 0.259 e. The molecule has 1 fully saturated rings. The Morgan fingerprint density at radius 3 is 2.71 bits per heavy atom. The molecule has 1 aliphatic heterocycles. The summed E-state index contributed by atoms with van der Waals surface area (Å²) in [4.78, 5) is 26.9. The summed E-state index contributed by atoms with van der Waals surface area (Å²) in [7, 11) is 0. The van der Waals surface area contributed by atoms with E-state index < -0.39 is 0 Å². The second kappa shape index (κ2) is 5.93. The quantitative estimate of drug-likeness (QED) is 0.940. The van der Waals surface area contributed by atoms with Crippen LogP contribution in [0.4, 0.5) is 5.69 Å². The van der Waals surface area contributed by atoms with Gasteiger partial charge in [0.25, 0.3) is 5.91 Å². The number of carbonyl (C=O) groups excluding carboxylic acids is 2. The molecule has 0 aromatic heterocycles. The Balaban J connectivity index is 1.55. The van der Waals surface area contributed by atoms with E-state index in [1.54, 1.807) is 4.90 Å². The molecule has 1 saturated carbocycles. The molecule has 2 unspecified atom stereocenters. The van der Waals surface area contributed by atoms with Gasteiger partial charge in [0.2, 0.25) is 5.91 Å². The van der Waals surface area contributed by atoms with Gasteiger partial charge in [0.1, 0.15) is 6.54 Å². The molecule has 124 valence electrons. The van der Waals surface area contributed by atoms with E-state index in [9.17, 15) is 9.59 Å². The van der Waals surface area contributed by atoms with E-state index in [0.29, 0.717) is 11.5 Å². The molecule has 0 radical (unpaired) electrons. The highest BCUT2D eigenvalue weighted by atomic mass is 16.2. The van der Waals surface area contributed by atoms with E-state index in [2.05, 4.69) is 12.2 Å². The van der Waals surface area contributed by atoms with Crippen molar-refractivity contribution in [1.29, 1.82) is 0 Å². The molecule has 1 N–H and O–H groups in total. The summed E-state index contributed by atoms with van der Waals surface area (Å²) in [5.74, 6) is 0.373. The number of carbonyl (C=O) groups is 2. The minimum absolute atomic E-state index is 0.0630. The molecule has 4 heteroatoms. The van der Waals surface area contributed by atoms with E-state index in [0.717, 1.165) is 22.9 Å². The first-order valence-corrected chi connectivity index (χ1v) is 8.78. The molecule has 1 heterocycles. The summed E-state index contributed by atoms with van der Waals surface area (Å²) in [6.45, 7) is 2.29. The maximum atomic E-state index is 12.7. The second-order valence-corrected chi connectivity index (χ2v) is 7.01. The lowest BCUT2D eigenvalue weighted by Gasteiger charge is -2.30. The van der Waals surface area contributed by atoms with Crippen molar-refractivity contribution < 1.29 is 9.59 Å². The summed E-state index contributed by atoms with van der Waals surface area (Å²) < 4.78 is 0. The molecule has 2 aromatic rings. The molecule has 0 bridgehead atoms. The van der Waals surface area contributed by atoms with Crippen LogP contribution < -0.4 is 10.2 Å². The molecule has 2 aromatic carbocycles. The van der Waals surface area contributed by atoms with Crippen molar-refractivity contribution in [3.63, 3.8) is 0 Å². The third-order valence-corrected chi connectivity index (χ3v) is 5.41. The normalized spacial score (nSPS) is 22.9. The van der Waals surface area contributed by atoms with Gasteiger partial charge in [-0.05, 0) is 36.3 Å². The fourth-order valence-corrected chi connectivity index (χ4v) is 4.06. The van der Waals surface area contributed by atoms with Crippen LogP contribution >= 0.6 is 0 Å². The predicted octanol–water partition coefficient (Wildman–Crippen LogP) is 3.49. The molecule has 4 nitrogen and oxygen atoms in total. The maximum absolute atomic E-state index is 12.7. The highest BCUT2D eigenvalue weighted by Crippen LogP contribution is 2.36. The van der Waals surface area contributed by atoms with Gasteiger partial charge in [0, 0.05) is 17.0 Å². The molecule has 2 amide bonds. The Kier molecular flexibility index (Phi) is 3.75. The summed E-state index contributed by atoms with van der Waals surface area (Å²) in [5, 5.41) is 5.15. The van der Waals surface area contributed by atoms with Gasteiger partial charge < -0.3 is 5.32 Å². The van der Waals surface area contributed by atoms with Crippen LogP contribution in [-0.4, -0.2) is 24.4 Å². The SMILES string of the molecule is CC1CCCCC1NC(=O)CN1C(=O)c2cccc3cccc1c23. The summed E-state index contributed by atoms with van der Waals surface area (Å²) in [6, 6.07) is 11.8. The number of benzene rings is 2. The average molecular weight is 322 g/mol. The van der Waals surface area contributed by atoms with Crippen LogP contribution in [0, 0.1) is 5.92 Å². The number of rotatable bonds is 3. The number of hydrogen-bond acceptors (Lipinski definition) is 2. The largest absolute Gasteiger partial charge is 0.352 e. The predicted molar refractivity (Wildman–Crippen MR) is 95.2 cm³/mol. The lowest BCUT2D eigenvalue weighted by atomic mass is 9.86. The molecular formula is C20H22N2O2. The molecular weight excluding hydrogens is 300 g/mol. The molecule has 2 atom stereocenters. The van der Waals surface area contributed by atoms with E-state index in [4.69, 9.17) is 0 Å². The van der Waals surface area contributed by atoms with Gasteiger partial charge in [-0.1, -0.05) is 44.0 Å². The topological polar surface area (TPSA) is 49.4 Å². The Hall–Kier alpha value is -2.36. The minimum Gasteiger partial charge on any atom is -0.352 e. The highest BCUT2D eigenvalue weighted by Gasteiger charge is 2.31. The number of nitrogens with zero attached hydrogens (tertiary/aromatic N) is 1. The van der Waals surface area contributed by atoms with E-state index in [-0.39, 0.29) is 24.4 Å². The number of hydrogen-bond donors (Lipinski definition) is 1. The van der Waals surface area contributed by atoms with Crippen molar-refractivity contribution in [1.82, 2.24) is 5.32 Å². The molecule has 0 spiro atoms. The smallest absolute Gasteiger partial charge is 0.259 e. The van der Waals surface area contributed by atoms with Crippen molar-refractivity contribution in [2.24, 2.45) is 5.92 Å². The molecule has 1 aliphatic carbocycles. The summed E-state index contributed by atoms with van der Waals surface area (Å²) in [6.07, 6.45) is 4.62. The van der Waals surface area contributed by atoms with Gasteiger partial charge in [0.05, 0.1) is 5.69 Å². The number of nitrogens with one attached hydrogen (secondary N) is 1. The van der Waals surface area contributed by atoms with Crippen LogP contribution in [0.1, 0.15) is 43.0 Å². The van der Waals surface area contributed by atoms with Crippen LogP contribution in [0.3, 0.4) is 0 Å². The van der Waals surface area contributed by atoms with Crippen LogP contribution in [0.5, 0.6) is 0 Å². The van der Waals surface area contributed by atoms with Gasteiger partial charge in [-0.15, -0.1) is 0 Å². The zero-order chi connectivity index (χ0) is 16.7. The average Bonchev–Trinajstić information content (AvgIpc) is 2.85. The Morgan fingerprint density at radius 2 is 1.92 bits per heavy atom. The van der Waals surface area contributed by atoms with Crippen molar-refractivity contribution in [3.8, 4) is 0 Å². The molecule has 0 saturated heterocycles. The van der Waals surface area contributed by atoms with Crippen molar-refractivity contribution in [3.05, 3.63) is 42.0 Å². The fraction of sp³-hybridized carbons (Fsp3) is 0.400. The lowest BCUT2D eigenvalue weighted by molar-refractivity contribution is -0.121. The van der Waals surface area contributed by atoms with Crippen LogP contribution in [0.15, 0.2) is 36.4 Å². The summed E-state index contributed by atoms with van der Waals surface area (Å²) >= 11 is 0. The standard InChI is InChI=1S/C20H22N2O2/c1-13-6-2-3-10-16(13)21-18(23)12-22-17-11-5-8-14-7-4-9-15(19(14)17)20(22)24/h4-5,7-9,11,13,16H,2-3,6,10,12H2,1H3,(H,21,23). The Labute approximate surface area is 141 Å². The third-order valence-electron chi connectivity index (χ3n) is 5.41. The van der Waals surface area contributed by atoms with Gasteiger partial charge in [0.15, 0.2) is 0 Å². The fourth-order valence-electron chi connectivity index (χ4n) is 4.06. The molecule has 2 aliphatic rings. The van der Waals surface area contributed by atoms with E-state index >= 15 is 0 Å². The Bertz CT molecular complexity index is 809. The van der Waals surface area contributed by atoms with E-state index in [1.165, 1.54) is 19.3 Å². The van der Waals surface area contributed by atoms with Gasteiger partial charge in [-0.25, -0.2) is 0 Å². The zero-order valence-corrected chi connectivity index (χ0v) is 13.9. The second-order valence-electron chi connectivity index (χ2n) is 7.01. The third kappa shape index (κ3) is 2.46. The van der Waals surface area contributed by atoms with Crippen molar-refractivity contribution >= 4 is 28.3 Å². The van der Waals surface area contributed by atoms with Crippen LogP contribution in [0.25, 0.3) is 10.8 Å². The summed E-state index contributed by atoms with van der Waals surface area (Å²) in [5.41, 5.74) is 1.54. The number of anilines is 1. The van der Waals surface area contributed by atoms with Gasteiger partial charge in [-0.3, -0.25) is 14.5 Å². The van der Waals surface area contributed by atoms with Crippen molar-refractivity contribution in [2.75, 3.05) is 11.4 Å². The monoisotopic (exact) mass is 322 g/mol. The lowest BCUT2D eigenvalue weighted by Crippen LogP contribution is -2.46. The van der Waals surface area contributed by atoms with Crippen molar-refractivity contribution in [2.45, 2.75) is 38.6 Å². The first-order valence-electron chi connectivity index (χ1n) is 8.78. The first-order chi connectivity index (χ1) is 11.6. The minimum atomic E-state index is -0.0753. The Morgan fingerprint density at radius 1 is 1.17 bits per heavy atom. The van der Waals surface area contributed by atoms with Crippen LogP contribution in [0.2, 0.25) is 0 Å². The van der Waals surface area contributed by atoms with E-state index in [1.807, 2.05) is 36.4 Å². The molecule has 24 heavy (non-hydrogen) atoms. The van der Waals surface area contributed by atoms with Crippen LogP contribution in [-0.2, 0) is 4.79 Å².